The molecule has 162 valence electrons. The monoisotopic (exact) mass is 448 g/mol. The number of thiophene rings is 1. The van der Waals surface area contributed by atoms with Gasteiger partial charge in [0.05, 0.1) is 15.4 Å². The second-order valence-corrected chi connectivity index (χ2v) is 8.77. The van der Waals surface area contributed by atoms with Gasteiger partial charge in [0.2, 0.25) is 5.82 Å². The van der Waals surface area contributed by atoms with Gasteiger partial charge in [0.25, 0.3) is 11.8 Å². The molecule has 5 rings (SSSR count). The minimum Gasteiger partial charge on any atom is -0.366 e. The summed E-state index contributed by atoms with van der Waals surface area (Å²) >= 11 is 1.35. The van der Waals surface area contributed by atoms with E-state index in [0.29, 0.717) is 48.5 Å². The maximum atomic E-state index is 14.0. The van der Waals surface area contributed by atoms with E-state index in [1.165, 1.54) is 17.4 Å². The zero-order valence-corrected chi connectivity index (χ0v) is 18.3. The predicted octanol–water partition coefficient (Wildman–Crippen LogP) is 4.88. The molecule has 1 amide bonds. The molecule has 0 saturated carbocycles. The lowest BCUT2D eigenvalue weighted by Gasteiger charge is -2.36. The van der Waals surface area contributed by atoms with Crippen molar-refractivity contribution in [3.8, 4) is 22.2 Å². The van der Waals surface area contributed by atoms with Crippen LogP contribution >= 0.6 is 11.3 Å². The first-order valence-electron chi connectivity index (χ1n) is 10.4. The molecule has 0 spiro atoms. The lowest BCUT2D eigenvalue weighted by Crippen LogP contribution is -2.48. The zero-order valence-electron chi connectivity index (χ0n) is 17.5. The van der Waals surface area contributed by atoms with Crippen LogP contribution < -0.4 is 4.90 Å². The van der Waals surface area contributed by atoms with Crippen LogP contribution in [-0.2, 0) is 0 Å². The SMILES string of the molecule is Cc1ccc(-c2nc(-c3ccc(C(=O)N4CCN(c5ccccc5F)CC4)s3)no2)cc1. The van der Waals surface area contributed by atoms with Gasteiger partial charge in [0, 0.05) is 31.7 Å². The Morgan fingerprint density at radius 1 is 1.00 bits per heavy atom. The highest BCUT2D eigenvalue weighted by Gasteiger charge is 2.25. The topological polar surface area (TPSA) is 62.5 Å². The molecular weight excluding hydrogens is 427 g/mol. The molecule has 1 saturated heterocycles. The lowest BCUT2D eigenvalue weighted by atomic mass is 10.1. The van der Waals surface area contributed by atoms with Crippen molar-refractivity contribution in [2.75, 3.05) is 31.1 Å². The Morgan fingerprint density at radius 2 is 1.75 bits per heavy atom. The molecule has 2 aromatic heterocycles. The molecular formula is C24H21FN4O2S. The Kier molecular flexibility index (Phi) is 5.45. The fourth-order valence-corrected chi connectivity index (χ4v) is 4.62. The summed E-state index contributed by atoms with van der Waals surface area (Å²) in [4.78, 5) is 22.7. The van der Waals surface area contributed by atoms with Gasteiger partial charge in [-0.3, -0.25) is 4.79 Å². The van der Waals surface area contributed by atoms with E-state index in [9.17, 15) is 9.18 Å². The number of aryl methyl sites for hydroxylation is 1. The van der Waals surface area contributed by atoms with Crippen molar-refractivity contribution in [3.05, 3.63) is 76.9 Å². The smallest absolute Gasteiger partial charge is 0.264 e. The van der Waals surface area contributed by atoms with Crippen LogP contribution in [0.4, 0.5) is 10.1 Å². The number of benzene rings is 2. The number of anilines is 1. The van der Waals surface area contributed by atoms with Crippen LogP contribution in [0.25, 0.3) is 22.2 Å². The number of amides is 1. The van der Waals surface area contributed by atoms with Crippen LogP contribution in [0.1, 0.15) is 15.2 Å². The van der Waals surface area contributed by atoms with Gasteiger partial charge in [-0.2, -0.15) is 4.98 Å². The minimum absolute atomic E-state index is 0.0308. The molecule has 3 heterocycles. The number of hydrogen-bond donors (Lipinski definition) is 0. The van der Waals surface area contributed by atoms with Crippen molar-refractivity contribution in [1.82, 2.24) is 15.0 Å². The van der Waals surface area contributed by atoms with Crippen molar-refractivity contribution in [2.45, 2.75) is 6.92 Å². The quantitative estimate of drug-likeness (QED) is 0.446. The van der Waals surface area contributed by atoms with Gasteiger partial charge >= 0.3 is 0 Å². The normalized spacial score (nSPS) is 14.1. The minimum atomic E-state index is -0.236. The molecule has 0 unspecified atom stereocenters. The molecule has 0 atom stereocenters. The molecule has 0 bridgehead atoms. The highest BCUT2D eigenvalue weighted by atomic mass is 32.1. The number of piperazine rings is 1. The number of aromatic nitrogens is 2. The van der Waals surface area contributed by atoms with E-state index in [2.05, 4.69) is 10.1 Å². The maximum Gasteiger partial charge on any atom is 0.264 e. The largest absolute Gasteiger partial charge is 0.366 e. The molecule has 1 aliphatic rings. The van der Waals surface area contributed by atoms with Crippen LogP contribution in [0.15, 0.2) is 65.2 Å². The van der Waals surface area contributed by atoms with Gasteiger partial charge in [-0.15, -0.1) is 11.3 Å². The van der Waals surface area contributed by atoms with Crippen LogP contribution in [0.2, 0.25) is 0 Å². The summed E-state index contributed by atoms with van der Waals surface area (Å²) in [6.45, 7) is 4.29. The molecule has 32 heavy (non-hydrogen) atoms. The summed E-state index contributed by atoms with van der Waals surface area (Å²) in [7, 11) is 0. The average Bonchev–Trinajstić information content (AvgIpc) is 3.50. The number of nitrogens with zero attached hydrogens (tertiary/aromatic N) is 4. The first-order valence-corrected chi connectivity index (χ1v) is 11.2. The van der Waals surface area contributed by atoms with Crippen LogP contribution in [-0.4, -0.2) is 47.1 Å². The van der Waals surface area contributed by atoms with Crippen LogP contribution in [0, 0.1) is 12.7 Å². The van der Waals surface area contributed by atoms with Crippen molar-refractivity contribution >= 4 is 22.9 Å². The Bertz CT molecular complexity index is 1240. The van der Waals surface area contributed by atoms with Gasteiger partial charge in [-0.1, -0.05) is 35.0 Å². The van der Waals surface area contributed by atoms with Gasteiger partial charge in [-0.05, 0) is 43.3 Å². The molecule has 8 heteroatoms. The molecule has 2 aromatic carbocycles. The zero-order chi connectivity index (χ0) is 22.1. The number of carbonyl (C=O) groups is 1. The summed E-state index contributed by atoms with van der Waals surface area (Å²) in [5.74, 6) is 0.650. The van der Waals surface area contributed by atoms with E-state index in [-0.39, 0.29) is 11.7 Å². The Hall–Kier alpha value is -3.52. The van der Waals surface area contributed by atoms with Crippen LogP contribution in [0.5, 0.6) is 0 Å². The average molecular weight is 449 g/mol. The molecule has 0 aliphatic carbocycles. The lowest BCUT2D eigenvalue weighted by molar-refractivity contribution is 0.0751. The Morgan fingerprint density at radius 3 is 2.50 bits per heavy atom. The first-order chi connectivity index (χ1) is 15.6. The fourth-order valence-electron chi connectivity index (χ4n) is 3.72. The number of carbonyl (C=O) groups excluding carboxylic acids is 1. The van der Waals surface area contributed by atoms with E-state index in [0.717, 1.165) is 16.0 Å². The summed E-state index contributed by atoms with van der Waals surface area (Å²) in [6.07, 6.45) is 0. The summed E-state index contributed by atoms with van der Waals surface area (Å²) in [5.41, 5.74) is 2.60. The molecule has 1 aliphatic heterocycles. The molecule has 4 aromatic rings. The van der Waals surface area contributed by atoms with Crippen LogP contribution in [0.3, 0.4) is 0 Å². The second-order valence-electron chi connectivity index (χ2n) is 7.68. The summed E-state index contributed by atoms with van der Waals surface area (Å²) in [6, 6.07) is 18.3. The van der Waals surface area contributed by atoms with E-state index in [4.69, 9.17) is 4.52 Å². The van der Waals surface area contributed by atoms with E-state index in [1.807, 2.05) is 48.2 Å². The third-order valence-electron chi connectivity index (χ3n) is 5.52. The first kappa shape index (κ1) is 20.4. The number of para-hydroxylation sites is 1. The van der Waals surface area contributed by atoms with Crippen molar-refractivity contribution in [1.29, 1.82) is 0 Å². The van der Waals surface area contributed by atoms with Crippen molar-refractivity contribution in [2.24, 2.45) is 0 Å². The highest BCUT2D eigenvalue weighted by Crippen LogP contribution is 2.29. The number of rotatable bonds is 4. The van der Waals surface area contributed by atoms with Gasteiger partial charge < -0.3 is 14.3 Å². The Labute approximate surface area is 188 Å². The van der Waals surface area contributed by atoms with Crippen molar-refractivity contribution in [3.63, 3.8) is 0 Å². The van der Waals surface area contributed by atoms with Gasteiger partial charge in [-0.25, -0.2) is 4.39 Å². The Balaban J connectivity index is 1.26. The number of halogens is 1. The van der Waals surface area contributed by atoms with E-state index in [1.54, 1.807) is 23.1 Å². The van der Waals surface area contributed by atoms with Gasteiger partial charge in [0.15, 0.2) is 0 Å². The summed E-state index contributed by atoms with van der Waals surface area (Å²) in [5, 5.41) is 4.08. The standard InChI is InChI=1S/C24H21FN4O2S/c1-16-6-8-17(9-7-16)23-26-22(27-31-23)20-10-11-21(32-20)24(30)29-14-12-28(13-15-29)19-5-3-2-4-18(19)25/h2-11H,12-15H2,1H3. The molecule has 0 N–H and O–H groups in total. The molecule has 6 nitrogen and oxygen atoms in total. The van der Waals surface area contributed by atoms with Crippen molar-refractivity contribution < 1.29 is 13.7 Å². The van der Waals surface area contributed by atoms with E-state index >= 15 is 0 Å². The second kappa shape index (κ2) is 8.55. The predicted molar refractivity (Wildman–Crippen MR) is 122 cm³/mol. The highest BCUT2D eigenvalue weighted by molar-refractivity contribution is 7.17. The van der Waals surface area contributed by atoms with Gasteiger partial charge in [0.1, 0.15) is 5.82 Å². The summed E-state index contributed by atoms with van der Waals surface area (Å²) < 4.78 is 19.5. The van der Waals surface area contributed by atoms with E-state index < -0.39 is 0 Å². The third kappa shape index (κ3) is 4.01. The fraction of sp³-hybridized carbons (Fsp3) is 0.208. The molecule has 1 fully saturated rings. The maximum absolute atomic E-state index is 14.0. The molecule has 0 radical (unpaired) electrons. The third-order valence-corrected chi connectivity index (χ3v) is 6.59. The number of hydrogen-bond acceptors (Lipinski definition) is 6.